The summed E-state index contributed by atoms with van der Waals surface area (Å²) in [5, 5.41) is 0. The summed E-state index contributed by atoms with van der Waals surface area (Å²) in [5.74, 6) is -1.03. The summed E-state index contributed by atoms with van der Waals surface area (Å²) >= 11 is 0. The summed E-state index contributed by atoms with van der Waals surface area (Å²) in [6, 6.07) is 0. The number of hydrogen-bond donors (Lipinski definition) is 0. The van der Waals surface area contributed by atoms with E-state index in [1.54, 1.807) is 0 Å². The first kappa shape index (κ1) is 13.4. The van der Waals surface area contributed by atoms with Gasteiger partial charge >= 0.3 is 15.6 Å². The van der Waals surface area contributed by atoms with Crippen molar-refractivity contribution in [1.29, 1.82) is 0 Å². The number of halogens is 3. The van der Waals surface area contributed by atoms with E-state index in [2.05, 4.69) is 10.2 Å². The van der Waals surface area contributed by atoms with Crippen molar-refractivity contribution in [2.24, 2.45) is 0 Å². The third kappa shape index (κ3) is 3.64. The van der Waals surface area contributed by atoms with Crippen molar-refractivity contribution >= 4 is 20.2 Å². The molecular weight excluding hydrogens is 249 g/mol. The second kappa shape index (κ2) is 3.87. The van der Waals surface area contributed by atoms with Crippen LogP contribution >= 0.6 is 0 Å². The lowest BCUT2D eigenvalue weighted by atomic mass is 10.8. The van der Waals surface area contributed by atoms with E-state index >= 15 is 0 Å². The maximum Gasteiger partial charge on any atom is 0.524 e. The molecule has 0 saturated carbocycles. The van der Waals surface area contributed by atoms with Crippen LogP contribution in [-0.4, -0.2) is 28.1 Å². The van der Waals surface area contributed by atoms with Crippen LogP contribution in [0.25, 0.3) is 0 Å². The summed E-state index contributed by atoms with van der Waals surface area (Å²) in [6.07, 6.45) is 0.696. The molecule has 0 unspecified atom stereocenters. The first-order valence-corrected chi connectivity index (χ1v) is 5.86. The molecule has 0 rings (SSSR count). The third-order valence-corrected chi connectivity index (χ3v) is 3.56. The Morgan fingerprint density at radius 3 is 1.93 bits per heavy atom. The maximum absolute atomic E-state index is 11.6. The lowest BCUT2D eigenvalue weighted by Gasteiger charge is -2.06. The summed E-state index contributed by atoms with van der Waals surface area (Å²) in [5.41, 5.74) is -5.76. The van der Waals surface area contributed by atoms with Gasteiger partial charge in [-0.05, 0) is 0 Å². The monoisotopic (exact) mass is 254 g/mol. The van der Waals surface area contributed by atoms with E-state index in [0.717, 1.165) is 0 Å². The molecular formula is C4H5F3O5S2. The molecule has 0 aromatic carbocycles. The summed E-state index contributed by atoms with van der Waals surface area (Å²) in [6.45, 7) is 2.90. The highest BCUT2D eigenvalue weighted by atomic mass is 32.3. The van der Waals surface area contributed by atoms with Crippen LogP contribution in [0.3, 0.4) is 0 Å². The molecule has 0 fully saturated rings. The highest BCUT2D eigenvalue weighted by Gasteiger charge is 2.50. The van der Waals surface area contributed by atoms with Crippen LogP contribution in [0, 0.1) is 0 Å². The molecule has 10 heteroatoms. The third-order valence-electron chi connectivity index (χ3n) is 0.799. The van der Waals surface area contributed by atoms with Crippen molar-refractivity contribution < 1.29 is 33.6 Å². The van der Waals surface area contributed by atoms with Gasteiger partial charge in [0.25, 0.3) is 10.1 Å². The lowest BCUT2D eigenvalue weighted by molar-refractivity contribution is -0.0498. The van der Waals surface area contributed by atoms with Gasteiger partial charge in [0.05, 0.1) is 5.75 Å². The van der Waals surface area contributed by atoms with Gasteiger partial charge < -0.3 is 0 Å². The number of rotatable bonds is 4. The molecule has 14 heavy (non-hydrogen) atoms. The number of alkyl halides is 3. The maximum atomic E-state index is 11.6. The molecule has 0 radical (unpaired) electrons. The Morgan fingerprint density at radius 2 is 1.64 bits per heavy atom. The van der Waals surface area contributed by atoms with E-state index in [1.807, 2.05) is 0 Å². The second-order valence-corrected chi connectivity index (χ2v) is 5.35. The Bertz CT molecular complexity index is 403. The van der Waals surface area contributed by atoms with Crippen molar-refractivity contribution in [2.75, 3.05) is 5.75 Å². The van der Waals surface area contributed by atoms with Crippen molar-refractivity contribution in [3.05, 3.63) is 12.7 Å². The topological polar surface area (TPSA) is 77.5 Å². The predicted octanol–water partition coefficient (Wildman–Crippen LogP) is 0.368. The van der Waals surface area contributed by atoms with Crippen LogP contribution in [0.5, 0.6) is 0 Å². The van der Waals surface area contributed by atoms with Gasteiger partial charge in [-0.2, -0.15) is 30.0 Å². The normalized spacial score (nSPS) is 13.9. The van der Waals surface area contributed by atoms with E-state index < -0.39 is 31.5 Å². The highest BCUT2D eigenvalue weighted by Crippen LogP contribution is 2.26. The Balaban J connectivity index is 4.97. The molecule has 5 nitrogen and oxygen atoms in total. The quantitative estimate of drug-likeness (QED) is 0.535. The minimum absolute atomic E-state index is 0.696. The molecule has 0 aliphatic carbocycles. The van der Waals surface area contributed by atoms with Crippen LogP contribution in [0.1, 0.15) is 0 Å². The van der Waals surface area contributed by atoms with Crippen LogP contribution in [0.4, 0.5) is 13.2 Å². The van der Waals surface area contributed by atoms with Crippen molar-refractivity contribution in [1.82, 2.24) is 0 Å². The smallest absolute Gasteiger partial charge is 0.198 e. The van der Waals surface area contributed by atoms with Gasteiger partial charge in [-0.1, -0.05) is 6.08 Å². The van der Waals surface area contributed by atoms with Crippen molar-refractivity contribution in [3.63, 3.8) is 0 Å². The molecule has 0 aromatic rings. The predicted molar refractivity (Wildman–Crippen MR) is 40.0 cm³/mol. The Kier molecular flexibility index (Phi) is 3.70. The first-order chi connectivity index (χ1) is 6.02. The van der Waals surface area contributed by atoms with Gasteiger partial charge in [0, 0.05) is 0 Å². The van der Waals surface area contributed by atoms with Gasteiger partial charge in [-0.25, -0.2) is 0 Å². The zero-order chi connectivity index (χ0) is 11.6. The summed E-state index contributed by atoms with van der Waals surface area (Å²) < 4.78 is 79.2. The van der Waals surface area contributed by atoms with Gasteiger partial charge in [0.15, 0.2) is 0 Å². The van der Waals surface area contributed by atoms with Crippen LogP contribution < -0.4 is 0 Å². The summed E-state index contributed by atoms with van der Waals surface area (Å²) in [7, 11) is -10.9. The fourth-order valence-corrected chi connectivity index (χ4v) is 2.26. The van der Waals surface area contributed by atoms with Crippen molar-refractivity contribution in [3.8, 4) is 0 Å². The van der Waals surface area contributed by atoms with Crippen LogP contribution in [-0.2, 0) is 23.9 Å². The second-order valence-electron chi connectivity index (χ2n) is 1.98. The molecule has 0 amide bonds. The average molecular weight is 254 g/mol. The minimum atomic E-state index is -6.11. The van der Waals surface area contributed by atoms with Gasteiger partial charge in [0.2, 0.25) is 0 Å². The average Bonchev–Trinajstić information content (AvgIpc) is 1.80. The van der Waals surface area contributed by atoms with E-state index in [4.69, 9.17) is 0 Å². The Morgan fingerprint density at radius 1 is 1.21 bits per heavy atom. The van der Waals surface area contributed by atoms with E-state index in [0.29, 0.717) is 6.08 Å². The van der Waals surface area contributed by atoms with Crippen LogP contribution in [0.2, 0.25) is 0 Å². The molecule has 84 valence electrons. The van der Waals surface area contributed by atoms with Crippen LogP contribution in [0.15, 0.2) is 12.7 Å². The summed E-state index contributed by atoms with van der Waals surface area (Å²) in [4.78, 5) is 0. The largest absolute Gasteiger partial charge is 0.524 e. The lowest BCUT2D eigenvalue weighted by Crippen LogP contribution is -2.28. The molecule has 0 aromatic heterocycles. The molecule has 0 bridgehead atoms. The van der Waals surface area contributed by atoms with E-state index in [1.165, 1.54) is 0 Å². The fourth-order valence-electron chi connectivity index (χ4n) is 0.347. The van der Waals surface area contributed by atoms with Gasteiger partial charge in [-0.3, -0.25) is 0 Å². The molecule has 0 N–H and O–H groups in total. The van der Waals surface area contributed by atoms with Crippen molar-refractivity contribution in [2.45, 2.75) is 5.51 Å². The van der Waals surface area contributed by atoms with E-state index in [-0.39, 0.29) is 0 Å². The zero-order valence-electron chi connectivity index (χ0n) is 6.48. The molecule has 0 saturated heterocycles. The van der Waals surface area contributed by atoms with Gasteiger partial charge in [0.1, 0.15) is 0 Å². The standard InChI is InChI=1S/C4H5F3O5S2/c1-2-3-13(8,9)12-14(10,11)4(5,6)7/h2H,1,3H2. The molecule has 0 aliphatic rings. The Hall–Kier alpha value is -0.610. The first-order valence-electron chi connectivity index (χ1n) is 2.88. The minimum Gasteiger partial charge on any atom is -0.198 e. The highest BCUT2D eigenvalue weighted by molar-refractivity contribution is 8.00. The molecule has 0 heterocycles. The van der Waals surface area contributed by atoms with Gasteiger partial charge in [-0.15, -0.1) is 10.2 Å². The zero-order valence-corrected chi connectivity index (χ0v) is 8.12. The van der Waals surface area contributed by atoms with E-state index in [9.17, 15) is 30.0 Å². The molecule has 0 atom stereocenters. The molecule has 0 spiro atoms. The Labute approximate surface area is 78.4 Å². The number of hydrogen-bond acceptors (Lipinski definition) is 5. The fraction of sp³-hybridized carbons (Fsp3) is 0.500. The molecule has 0 aliphatic heterocycles. The SMILES string of the molecule is C=CCS(=O)(=O)OS(=O)(=O)C(F)(F)F.